The molecule has 0 bridgehead atoms. The van der Waals surface area contributed by atoms with E-state index in [-0.39, 0.29) is 17.9 Å². The number of anilines is 1. The molecule has 106 valence electrons. The first-order valence-corrected chi connectivity index (χ1v) is 7.13. The van der Waals surface area contributed by atoms with Gasteiger partial charge in [0, 0.05) is 18.6 Å². The van der Waals surface area contributed by atoms with Gasteiger partial charge in [-0.1, -0.05) is 0 Å². The zero-order valence-electron chi connectivity index (χ0n) is 10.3. The van der Waals surface area contributed by atoms with Crippen molar-refractivity contribution in [1.29, 1.82) is 0 Å². The molecule has 0 amide bonds. The minimum atomic E-state index is -3.74. The molecule has 9 heteroatoms. The number of hydrogen-bond acceptors (Lipinski definition) is 5. The number of pyridine rings is 1. The number of nitrogens with one attached hydrogen (secondary N) is 1. The molecule has 0 aromatic carbocycles. The Balaban J connectivity index is 2.12. The number of aliphatic carboxylic acids is 1. The highest BCUT2D eigenvalue weighted by molar-refractivity contribution is 7.92. The van der Waals surface area contributed by atoms with Crippen LogP contribution in [-0.4, -0.2) is 34.3 Å². The molecule has 0 radical (unpaired) electrons. The van der Waals surface area contributed by atoms with E-state index in [9.17, 15) is 13.2 Å². The number of carboxylic acid groups (broad SMARTS) is 1. The number of carbonyl (C=O) groups is 1. The van der Waals surface area contributed by atoms with Crippen LogP contribution in [0, 0.1) is 0 Å². The van der Waals surface area contributed by atoms with Crippen molar-refractivity contribution in [2.75, 3.05) is 4.72 Å². The summed E-state index contributed by atoms with van der Waals surface area (Å²) >= 11 is 0. The number of rotatable bonds is 6. The minimum absolute atomic E-state index is 0.0281. The fourth-order valence-electron chi connectivity index (χ4n) is 1.45. The molecule has 2 aromatic heterocycles. The average Bonchev–Trinajstić information content (AvgIpc) is 2.86. The maximum Gasteiger partial charge on any atom is 0.305 e. The summed E-state index contributed by atoms with van der Waals surface area (Å²) in [6, 6.07) is 3.04. The van der Waals surface area contributed by atoms with E-state index in [1.54, 1.807) is 0 Å². The number of sulfonamides is 1. The monoisotopic (exact) mass is 296 g/mol. The highest BCUT2D eigenvalue weighted by Gasteiger charge is 2.16. The van der Waals surface area contributed by atoms with Crippen LogP contribution in [0.4, 0.5) is 5.69 Å². The lowest BCUT2D eigenvalue weighted by molar-refractivity contribution is -0.137. The summed E-state index contributed by atoms with van der Waals surface area (Å²) in [5.41, 5.74) is 0.387. The molecule has 0 unspecified atom stereocenters. The van der Waals surface area contributed by atoms with Crippen LogP contribution < -0.4 is 4.72 Å². The third-order valence-corrected chi connectivity index (χ3v) is 3.74. The van der Waals surface area contributed by atoms with Gasteiger partial charge in [0.05, 0.1) is 24.8 Å². The lowest BCUT2D eigenvalue weighted by Crippen LogP contribution is -2.12. The van der Waals surface area contributed by atoms with Gasteiger partial charge in [-0.3, -0.25) is 19.2 Å². The molecule has 0 aliphatic heterocycles. The summed E-state index contributed by atoms with van der Waals surface area (Å²) < 4.78 is 27.8. The van der Waals surface area contributed by atoms with Crippen LogP contribution in [0.15, 0.2) is 41.8 Å². The lowest BCUT2D eigenvalue weighted by Gasteiger charge is -2.04. The van der Waals surface area contributed by atoms with Gasteiger partial charge >= 0.3 is 5.97 Å². The topological polar surface area (TPSA) is 114 Å². The predicted molar refractivity (Wildman–Crippen MR) is 69.5 cm³/mol. The fourth-order valence-corrected chi connectivity index (χ4v) is 2.46. The van der Waals surface area contributed by atoms with Gasteiger partial charge in [-0.15, -0.1) is 0 Å². The minimum Gasteiger partial charge on any atom is -0.481 e. The Morgan fingerprint density at radius 1 is 1.35 bits per heavy atom. The van der Waals surface area contributed by atoms with E-state index in [0.717, 1.165) is 0 Å². The smallest absolute Gasteiger partial charge is 0.305 e. The van der Waals surface area contributed by atoms with Crippen LogP contribution in [0.2, 0.25) is 0 Å². The number of aromatic nitrogens is 3. The molecule has 2 N–H and O–H groups in total. The van der Waals surface area contributed by atoms with Gasteiger partial charge in [-0.2, -0.15) is 5.10 Å². The molecule has 0 atom stereocenters. The Labute approximate surface area is 115 Å². The Bertz CT molecular complexity index is 696. The molecule has 0 aliphatic carbocycles. The lowest BCUT2D eigenvalue weighted by atomic mass is 10.4. The van der Waals surface area contributed by atoms with Crippen molar-refractivity contribution in [3.63, 3.8) is 0 Å². The van der Waals surface area contributed by atoms with Crippen LogP contribution in [0.5, 0.6) is 0 Å². The van der Waals surface area contributed by atoms with Crippen molar-refractivity contribution in [2.24, 2.45) is 0 Å². The largest absolute Gasteiger partial charge is 0.481 e. The standard InChI is InChI=1S/C11H12N4O4S/c16-11(17)3-6-15-8-10(7-13-15)20(18,19)14-9-1-4-12-5-2-9/h1-2,4-5,7-8H,3,6H2,(H,12,14)(H,16,17). The normalized spacial score (nSPS) is 11.2. The summed E-state index contributed by atoms with van der Waals surface area (Å²) in [5, 5.41) is 12.4. The van der Waals surface area contributed by atoms with Crippen molar-refractivity contribution < 1.29 is 18.3 Å². The molecule has 2 aromatic rings. The van der Waals surface area contributed by atoms with E-state index in [4.69, 9.17) is 5.11 Å². The average molecular weight is 296 g/mol. The third kappa shape index (κ3) is 3.54. The second-order valence-corrected chi connectivity index (χ2v) is 5.61. The van der Waals surface area contributed by atoms with Gasteiger partial charge in [0.2, 0.25) is 0 Å². The van der Waals surface area contributed by atoms with Gasteiger partial charge in [0.15, 0.2) is 0 Å². The fraction of sp³-hybridized carbons (Fsp3) is 0.182. The molecule has 0 saturated heterocycles. The zero-order valence-corrected chi connectivity index (χ0v) is 11.1. The Morgan fingerprint density at radius 3 is 2.70 bits per heavy atom. The number of carboxylic acids is 1. The number of nitrogens with zero attached hydrogens (tertiary/aromatic N) is 3. The first-order valence-electron chi connectivity index (χ1n) is 5.64. The number of aryl methyl sites for hydroxylation is 1. The Kier molecular flexibility index (Phi) is 3.99. The maximum absolute atomic E-state index is 12.1. The van der Waals surface area contributed by atoms with Gasteiger partial charge in [-0.25, -0.2) is 8.42 Å². The van der Waals surface area contributed by atoms with Crippen LogP contribution in [-0.2, 0) is 21.4 Å². The van der Waals surface area contributed by atoms with Crippen LogP contribution >= 0.6 is 0 Å². The van der Waals surface area contributed by atoms with Crippen LogP contribution in [0.3, 0.4) is 0 Å². The predicted octanol–water partition coefficient (Wildman–Crippen LogP) is 0.554. The van der Waals surface area contributed by atoms with Gasteiger partial charge in [-0.05, 0) is 12.1 Å². The maximum atomic E-state index is 12.1. The third-order valence-electron chi connectivity index (χ3n) is 2.41. The van der Waals surface area contributed by atoms with E-state index in [1.165, 1.54) is 41.6 Å². The summed E-state index contributed by atoms with van der Waals surface area (Å²) in [4.78, 5) is 14.2. The SMILES string of the molecule is O=C(O)CCn1cc(S(=O)(=O)Nc2ccncc2)cn1. The van der Waals surface area contributed by atoms with Gasteiger partial charge in [0.1, 0.15) is 4.90 Å². The first-order chi connectivity index (χ1) is 9.47. The molecule has 8 nitrogen and oxygen atoms in total. The molecule has 0 fully saturated rings. The van der Waals surface area contributed by atoms with Crippen LogP contribution in [0.25, 0.3) is 0 Å². The van der Waals surface area contributed by atoms with Crippen molar-refractivity contribution in [3.05, 3.63) is 36.9 Å². The number of hydrogen-bond donors (Lipinski definition) is 2. The molecule has 20 heavy (non-hydrogen) atoms. The van der Waals surface area contributed by atoms with E-state index in [2.05, 4.69) is 14.8 Å². The molecular formula is C11H12N4O4S. The van der Waals surface area contributed by atoms with Crippen molar-refractivity contribution >= 4 is 21.7 Å². The second kappa shape index (κ2) is 5.70. The second-order valence-electron chi connectivity index (χ2n) is 3.92. The summed E-state index contributed by atoms with van der Waals surface area (Å²) in [6.45, 7) is 0.111. The van der Waals surface area contributed by atoms with E-state index in [1.807, 2.05) is 0 Å². The zero-order chi connectivity index (χ0) is 14.6. The molecule has 2 heterocycles. The van der Waals surface area contributed by atoms with Gasteiger partial charge in [0.25, 0.3) is 10.0 Å². The molecule has 0 aliphatic rings. The first kappa shape index (κ1) is 14.0. The summed E-state index contributed by atoms with van der Waals surface area (Å²) in [5.74, 6) is -0.972. The Morgan fingerprint density at radius 2 is 2.05 bits per heavy atom. The summed E-state index contributed by atoms with van der Waals surface area (Å²) in [7, 11) is -3.74. The highest BCUT2D eigenvalue weighted by Crippen LogP contribution is 2.14. The van der Waals surface area contributed by atoms with E-state index >= 15 is 0 Å². The van der Waals surface area contributed by atoms with E-state index in [0.29, 0.717) is 5.69 Å². The molecular weight excluding hydrogens is 284 g/mol. The van der Waals surface area contributed by atoms with Gasteiger partial charge < -0.3 is 5.11 Å². The van der Waals surface area contributed by atoms with E-state index < -0.39 is 16.0 Å². The quantitative estimate of drug-likeness (QED) is 0.804. The molecule has 0 saturated carbocycles. The molecule has 0 spiro atoms. The Hall–Kier alpha value is -2.42. The summed E-state index contributed by atoms with van der Waals surface area (Å²) in [6.07, 6.45) is 5.26. The molecule has 2 rings (SSSR count). The van der Waals surface area contributed by atoms with Crippen molar-refractivity contribution in [2.45, 2.75) is 17.9 Å². The van der Waals surface area contributed by atoms with Crippen molar-refractivity contribution in [1.82, 2.24) is 14.8 Å². The highest BCUT2D eigenvalue weighted by atomic mass is 32.2. The van der Waals surface area contributed by atoms with Crippen LogP contribution in [0.1, 0.15) is 6.42 Å². The van der Waals surface area contributed by atoms with Crippen molar-refractivity contribution in [3.8, 4) is 0 Å².